The first kappa shape index (κ1) is 9.81. The fraction of sp³-hybridized carbons (Fsp3) is 0.875. The van der Waals surface area contributed by atoms with Crippen molar-refractivity contribution < 1.29 is 14.6 Å². The van der Waals surface area contributed by atoms with E-state index in [1.54, 1.807) is 0 Å². The van der Waals surface area contributed by atoms with E-state index in [1.807, 2.05) is 0 Å². The van der Waals surface area contributed by atoms with Gasteiger partial charge in [0.1, 0.15) is 0 Å². The highest BCUT2D eigenvalue weighted by atomic mass is 35.5. The van der Waals surface area contributed by atoms with Crippen LogP contribution in [0.15, 0.2) is 0 Å². The zero-order valence-electron chi connectivity index (χ0n) is 7.05. The SMILES string of the molecule is CO[C@H]1CCCC[C@]1(Cl)C(=O)O. The highest BCUT2D eigenvalue weighted by Crippen LogP contribution is 2.36. The van der Waals surface area contributed by atoms with E-state index in [-0.39, 0.29) is 6.10 Å². The third-order valence-corrected chi connectivity index (χ3v) is 3.00. The van der Waals surface area contributed by atoms with Gasteiger partial charge in [-0.2, -0.15) is 0 Å². The van der Waals surface area contributed by atoms with Crippen LogP contribution in [-0.2, 0) is 9.53 Å². The Morgan fingerprint density at radius 1 is 1.67 bits per heavy atom. The highest BCUT2D eigenvalue weighted by molar-refractivity contribution is 6.34. The summed E-state index contributed by atoms with van der Waals surface area (Å²) in [4.78, 5) is 9.65. The third kappa shape index (κ3) is 1.57. The van der Waals surface area contributed by atoms with Crippen molar-refractivity contribution in [2.45, 2.75) is 36.7 Å². The summed E-state index contributed by atoms with van der Waals surface area (Å²) in [6.45, 7) is 0. The van der Waals surface area contributed by atoms with Crippen molar-refractivity contribution in [3.05, 3.63) is 0 Å². The molecule has 3 nitrogen and oxygen atoms in total. The normalized spacial score (nSPS) is 36.3. The lowest BCUT2D eigenvalue weighted by atomic mass is 9.85. The summed E-state index contributed by atoms with van der Waals surface area (Å²) in [5.41, 5.74) is 0. The second-order valence-electron chi connectivity index (χ2n) is 3.14. The third-order valence-electron chi connectivity index (χ3n) is 2.41. The average Bonchev–Trinajstić information content (AvgIpc) is 2.05. The number of carboxylic acids is 1. The lowest BCUT2D eigenvalue weighted by Crippen LogP contribution is -2.47. The van der Waals surface area contributed by atoms with Gasteiger partial charge < -0.3 is 9.84 Å². The highest BCUT2D eigenvalue weighted by Gasteiger charge is 2.46. The summed E-state index contributed by atoms with van der Waals surface area (Å²) in [5.74, 6) is -0.962. The largest absolute Gasteiger partial charge is 0.480 e. The summed E-state index contributed by atoms with van der Waals surface area (Å²) >= 11 is 5.95. The van der Waals surface area contributed by atoms with Crippen molar-refractivity contribution in [2.75, 3.05) is 7.11 Å². The van der Waals surface area contributed by atoms with Crippen LogP contribution in [0.1, 0.15) is 25.7 Å². The number of carboxylic acid groups (broad SMARTS) is 1. The minimum Gasteiger partial charge on any atom is -0.480 e. The summed E-state index contributed by atoms with van der Waals surface area (Å²) in [6, 6.07) is 0. The molecule has 0 heterocycles. The predicted octanol–water partition coefficient (Wildman–Crippen LogP) is 1.64. The van der Waals surface area contributed by atoms with Gasteiger partial charge in [-0.05, 0) is 12.8 Å². The molecule has 0 unspecified atom stereocenters. The molecule has 0 spiro atoms. The molecule has 0 aromatic carbocycles. The molecule has 0 amide bonds. The van der Waals surface area contributed by atoms with Crippen LogP contribution < -0.4 is 0 Å². The molecule has 1 rings (SSSR count). The van der Waals surface area contributed by atoms with Crippen LogP contribution in [0.3, 0.4) is 0 Å². The first-order valence-electron chi connectivity index (χ1n) is 4.06. The van der Waals surface area contributed by atoms with Crippen LogP contribution in [0, 0.1) is 0 Å². The number of halogens is 1. The quantitative estimate of drug-likeness (QED) is 0.677. The van der Waals surface area contributed by atoms with Gasteiger partial charge in [-0.25, -0.2) is 0 Å². The first-order valence-corrected chi connectivity index (χ1v) is 4.44. The van der Waals surface area contributed by atoms with Crippen molar-refractivity contribution in [1.82, 2.24) is 0 Å². The average molecular weight is 193 g/mol. The van der Waals surface area contributed by atoms with E-state index in [4.69, 9.17) is 21.4 Å². The number of aliphatic carboxylic acids is 1. The predicted molar refractivity (Wildman–Crippen MR) is 45.5 cm³/mol. The Labute approximate surface area is 76.7 Å². The molecule has 1 aliphatic carbocycles. The van der Waals surface area contributed by atoms with Crippen LogP contribution in [-0.4, -0.2) is 29.2 Å². The fourth-order valence-electron chi connectivity index (χ4n) is 1.65. The van der Waals surface area contributed by atoms with Crippen molar-refractivity contribution >= 4 is 17.6 Å². The molecule has 12 heavy (non-hydrogen) atoms. The van der Waals surface area contributed by atoms with E-state index in [2.05, 4.69) is 0 Å². The van der Waals surface area contributed by atoms with Crippen molar-refractivity contribution in [3.63, 3.8) is 0 Å². The van der Waals surface area contributed by atoms with E-state index < -0.39 is 10.8 Å². The molecule has 0 saturated heterocycles. The Morgan fingerprint density at radius 2 is 2.33 bits per heavy atom. The number of methoxy groups -OCH3 is 1. The Kier molecular flexibility index (Phi) is 2.96. The van der Waals surface area contributed by atoms with Gasteiger partial charge in [0.15, 0.2) is 4.87 Å². The first-order chi connectivity index (χ1) is 5.61. The van der Waals surface area contributed by atoms with E-state index in [1.165, 1.54) is 7.11 Å². The summed E-state index contributed by atoms with van der Waals surface area (Å²) in [7, 11) is 1.51. The van der Waals surface area contributed by atoms with Gasteiger partial charge in [-0.3, -0.25) is 4.79 Å². The summed E-state index contributed by atoms with van der Waals surface area (Å²) < 4.78 is 5.06. The minimum atomic E-state index is -1.19. The van der Waals surface area contributed by atoms with Crippen molar-refractivity contribution in [3.8, 4) is 0 Å². The van der Waals surface area contributed by atoms with Gasteiger partial charge >= 0.3 is 5.97 Å². The number of carbonyl (C=O) groups is 1. The fourth-order valence-corrected chi connectivity index (χ4v) is 1.98. The lowest BCUT2D eigenvalue weighted by molar-refractivity contribution is -0.145. The molecule has 1 saturated carbocycles. The Bertz CT molecular complexity index is 183. The standard InChI is InChI=1S/C8H13ClO3/c1-12-6-4-2-3-5-8(6,9)7(10)11/h6H,2-5H2,1H3,(H,10,11)/t6-,8+/m0/s1. The van der Waals surface area contributed by atoms with Gasteiger partial charge in [-0.1, -0.05) is 12.8 Å². The van der Waals surface area contributed by atoms with Crippen molar-refractivity contribution in [1.29, 1.82) is 0 Å². The molecule has 1 aliphatic rings. The van der Waals surface area contributed by atoms with Gasteiger partial charge in [0.05, 0.1) is 6.10 Å². The van der Waals surface area contributed by atoms with Crippen molar-refractivity contribution in [2.24, 2.45) is 0 Å². The molecule has 70 valence electrons. The maximum atomic E-state index is 10.8. The van der Waals surface area contributed by atoms with Gasteiger partial charge in [0, 0.05) is 7.11 Å². The molecule has 0 aromatic heterocycles. The topological polar surface area (TPSA) is 46.5 Å². The maximum Gasteiger partial charge on any atom is 0.327 e. The number of ether oxygens (including phenoxy) is 1. The van der Waals surface area contributed by atoms with Crippen LogP contribution >= 0.6 is 11.6 Å². The minimum absolute atomic E-state index is 0.342. The Balaban J connectivity index is 2.75. The Morgan fingerprint density at radius 3 is 2.75 bits per heavy atom. The molecule has 0 radical (unpaired) electrons. The molecule has 0 aliphatic heterocycles. The second kappa shape index (κ2) is 3.62. The monoisotopic (exact) mass is 192 g/mol. The molecular weight excluding hydrogens is 180 g/mol. The van der Waals surface area contributed by atoms with Crippen LogP contribution in [0.25, 0.3) is 0 Å². The maximum absolute atomic E-state index is 10.8. The van der Waals surface area contributed by atoms with Crippen LogP contribution in [0.5, 0.6) is 0 Å². The Hall–Kier alpha value is -0.280. The number of hydrogen-bond acceptors (Lipinski definition) is 2. The van der Waals surface area contributed by atoms with Gasteiger partial charge in [0.2, 0.25) is 0 Å². The molecule has 2 atom stereocenters. The molecule has 0 bridgehead atoms. The van der Waals surface area contributed by atoms with Crippen LogP contribution in [0.2, 0.25) is 0 Å². The van der Waals surface area contributed by atoms with E-state index >= 15 is 0 Å². The molecule has 0 aromatic rings. The molecule has 1 fully saturated rings. The zero-order valence-corrected chi connectivity index (χ0v) is 7.80. The summed E-state index contributed by atoms with van der Waals surface area (Å²) in [5, 5.41) is 8.89. The summed E-state index contributed by atoms with van der Waals surface area (Å²) in [6.07, 6.45) is 2.77. The molecular formula is C8H13ClO3. The van der Waals surface area contributed by atoms with Gasteiger partial charge in [0.25, 0.3) is 0 Å². The zero-order chi connectivity index (χ0) is 9.19. The van der Waals surface area contributed by atoms with E-state index in [0.29, 0.717) is 6.42 Å². The number of hydrogen-bond donors (Lipinski definition) is 1. The van der Waals surface area contributed by atoms with E-state index in [9.17, 15) is 4.79 Å². The smallest absolute Gasteiger partial charge is 0.327 e. The second-order valence-corrected chi connectivity index (χ2v) is 3.81. The number of rotatable bonds is 2. The van der Waals surface area contributed by atoms with E-state index in [0.717, 1.165) is 19.3 Å². The molecule has 4 heteroatoms. The number of alkyl halides is 1. The molecule has 1 N–H and O–H groups in total. The lowest BCUT2D eigenvalue weighted by Gasteiger charge is -2.34. The van der Waals surface area contributed by atoms with Crippen LogP contribution in [0.4, 0.5) is 0 Å². The van der Waals surface area contributed by atoms with Gasteiger partial charge in [-0.15, -0.1) is 11.6 Å².